The topological polar surface area (TPSA) is 99.1 Å². The van der Waals surface area contributed by atoms with Crippen molar-refractivity contribution in [2.75, 3.05) is 6.61 Å². The van der Waals surface area contributed by atoms with Gasteiger partial charge in [0.05, 0.1) is 17.6 Å². The number of esters is 3. The van der Waals surface area contributed by atoms with E-state index in [1.807, 2.05) is 13.8 Å². The largest absolute Gasteiger partial charge is 0.461 e. The molecule has 1 aliphatic heterocycles. The molecule has 1 aliphatic carbocycles. The molecule has 2 aliphatic rings. The number of hydrogen-bond donors (Lipinski definition) is 1. The van der Waals surface area contributed by atoms with Crippen LogP contribution in [0.4, 0.5) is 0 Å². The highest BCUT2D eigenvalue weighted by Crippen LogP contribution is 2.36. The molecule has 1 N–H and O–H groups in total. The summed E-state index contributed by atoms with van der Waals surface area (Å²) in [4.78, 5) is 35.9. The zero-order chi connectivity index (χ0) is 21.7. The molecule has 1 fully saturated rings. The van der Waals surface area contributed by atoms with Crippen molar-refractivity contribution in [2.45, 2.75) is 58.8 Å². The minimum absolute atomic E-state index is 0.193. The molecule has 0 spiro atoms. The Hall–Kier alpha value is -2.67. The molecule has 0 aromatic rings. The number of carbonyl (C=O) groups excluding carboxylic acids is 3. The Kier molecular flexibility index (Phi) is 7.56. The first-order valence-electron chi connectivity index (χ1n) is 9.54. The van der Waals surface area contributed by atoms with Crippen molar-refractivity contribution in [1.82, 2.24) is 0 Å². The molecule has 7 nitrogen and oxygen atoms in total. The predicted octanol–water partition coefficient (Wildman–Crippen LogP) is 2.55. The smallest absolute Gasteiger partial charge is 0.337 e. The van der Waals surface area contributed by atoms with Crippen LogP contribution in [0.3, 0.4) is 0 Å². The molecule has 4 atom stereocenters. The van der Waals surface area contributed by atoms with E-state index < -0.39 is 42.1 Å². The summed E-state index contributed by atoms with van der Waals surface area (Å²) in [5.41, 5.74) is 2.11. The number of carbonyl (C=O) groups is 3. The van der Waals surface area contributed by atoms with Gasteiger partial charge in [0, 0.05) is 18.9 Å². The summed E-state index contributed by atoms with van der Waals surface area (Å²) in [5.74, 6) is -2.23. The fourth-order valence-corrected chi connectivity index (χ4v) is 3.53. The Morgan fingerprint density at radius 3 is 2.55 bits per heavy atom. The predicted molar refractivity (Wildman–Crippen MR) is 106 cm³/mol. The summed E-state index contributed by atoms with van der Waals surface area (Å²) >= 11 is 0. The van der Waals surface area contributed by atoms with Gasteiger partial charge in [-0.3, -0.25) is 4.79 Å². The van der Waals surface area contributed by atoms with Crippen molar-refractivity contribution in [3.8, 4) is 0 Å². The summed E-state index contributed by atoms with van der Waals surface area (Å²) in [6, 6.07) is 0. The molecule has 0 unspecified atom stereocenters. The Morgan fingerprint density at radius 2 is 1.93 bits per heavy atom. The highest BCUT2D eigenvalue weighted by Gasteiger charge is 2.44. The van der Waals surface area contributed by atoms with Crippen LogP contribution in [0.15, 0.2) is 47.1 Å². The summed E-state index contributed by atoms with van der Waals surface area (Å²) in [6.07, 6.45) is 3.68. The minimum atomic E-state index is -0.732. The van der Waals surface area contributed by atoms with Crippen LogP contribution in [0.1, 0.15) is 40.5 Å². The van der Waals surface area contributed by atoms with E-state index >= 15 is 0 Å². The quantitative estimate of drug-likeness (QED) is 0.333. The third-order valence-electron chi connectivity index (χ3n) is 4.94. The zero-order valence-corrected chi connectivity index (χ0v) is 17.3. The second-order valence-corrected chi connectivity index (χ2v) is 7.46. The van der Waals surface area contributed by atoms with Crippen molar-refractivity contribution in [3.05, 3.63) is 47.1 Å². The molecule has 7 heteroatoms. The molecule has 2 rings (SSSR count). The lowest BCUT2D eigenvalue weighted by Gasteiger charge is -2.28. The Morgan fingerprint density at radius 1 is 1.28 bits per heavy atom. The van der Waals surface area contributed by atoms with E-state index in [9.17, 15) is 19.5 Å². The average molecular weight is 404 g/mol. The normalized spacial score (nSPS) is 31.6. The number of hydrogen-bond acceptors (Lipinski definition) is 7. The lowest BCUT2D eigenvalue weighted by atomic mass is 9.85. The average Bonchev–Trinajstić information content (AvgIpc) is 2.87. The van der Waals surface area contributed by atoms with Crippen molar-refractivity contribution < 1.29 is 33.7 Å². The van der Waals surface area contributed by atoms with Crippen molar-refractivity contribution >= 4 is 17.9 Å². The third-order valence-corrected chi connectivity index (χ3v) is 4.94. The van der Waals surface area contributed by atoms with Crippen LogP contribution in [0.25, 0.3) is 0 Å². The van der Waals surface area contributed by atoms with Crippen molar-refractivity contribution in [2.24, 2.45) is 5.92 Å². The van der Waals surface area contributed by atoms with E-state index in [-0.39, 0.29) is 17.8 Å². The molecule has 0 radical (unpaired) electrons. The Bertz CT molecular complexity index is 787. The maximum absolute atomic E-state index is 12.7. The SMILES string of the molecule is C=C1C(=O)O[C@@H]2/C=C(\C)C[C@H](O)/C=C(\C)C[C@@H](OC(=O)/C(=C\C)COC(C)=O)[C@@H]12. The van der Waals surface area contributed by atoms with Gasteiger partial charge < -0.3 is 19.3 Å². The Labute approximate surface area is 170 Å². The molecule has 0 amide bonds. The molecular weight excluding hydrogens is 376 g/mol. The van der Waals surface area contributed by atoms with Crippen molar-refractivity contribution in [1.29, 1.82) is 0 Å². The second kappa shape index (κ2) is 9.69. The number of aliphatic hydroxyl groups is 1. The van der Waals surface area contributed by atoms with E-state index in [0.717, 1.165) is 11.1 Å². The molecular formula is C22H28O7. The van der Waals surface area contributed by atoms with Gasteiger partial charge >= 0.3 is 17.9 Å². The lowest BCUT2D eigenvalue weighted by molar-refractivity contribution is -0.148. The van der Waals surface area contributed by atoms with Crippen LogP contribution in [0.5, 0.6) is 0 Å². The fraction of sp³-hybridized carbons (Fsp3) is 0.500. The molecule has 0 aromatic carbocycles. The number of fused-ring (bicyclic) bond motifs is 1. The van der Waals surface area contributed by atoms with Gasteiger partial charge in [0.15, 0.2) is 0 Å². The number of allylic oxidation sites excluding steroid dienone is 1. The summed E-state index contributed by atoms with van der Waals surface area (Å²) in [7, 11) is 0. The summed E-state index contributed by atoms with van der Waals surface area (Å²) < 4.78 is 16.1. The molecule has 29 heavy (non-hydrogen) atoms. The fourth-order valence-electron chi connectivity index (χ4n) is 3.53. The molecule has 1 heterocycles. The van der Waals surface area contributed by atoms with E-state index in [1.165, 1.54) is 13.0 Å². The number of aliphatic hydroxyl groups excluding tert-OH is 1. The van der Waals surface area contributed by atoms with E-state index in [1.54, 1.807) is 19.1 Å². The Balaban J connectivity index is 2.34. The highest BCUT2D eigenvalue weighted by atomic mass is 16.6. The van der Waals surface area contributed by atoms with E-state index in [2.05, 4.69) is 6.58 Å². The first kappa shape index (κ1) is 22.6. The van der Waals surface area contributed by atoms with Crippen LogP contribution in [0, 0.1) is 5.92 Å². The minimum Gasteiger partial charge on any atom is -0.461 e. The van der Waals surface area contributed by atoms with Gasteiger partial charge in [0.25, 0.3) is 0 Å². The lowest BCUT2D eigenvalue weighted by Crippen LogP contribution is -2.34. The first-order chi connectivity index (χ1) is 13.6. The van der Waals surface area contributed by atoms with Gasteiger partial charge in [-0.2, -0.15) is 0 Å². The molecule has 158 valence electrons. The van der Waals surface area contributed by atoms with Gasteiger partial charge in [-0.1, -0.05) is 29.9 Å². The monoisotopic (exact) mass is 404 g/mol. The molecule has 0 saturated carbocycles. The second-order valence-electron chi connectivity index (χ2n) is 7.46. The van der Waals surface area contributed by atoms with Crippen LogP contribution in [0.2, 0.25) is 0 Å². The van der Waals surface area contributed by atoms with E-state index in [0.29, 0.717) is 12.8 Å². The maximum atomic E-state index is 12.7. The number of ether oxygens (including phenoxy) is 3. The molecule has 1 saturated heterocycles. The van der Waals surface area contributed by atoms with Gasteiger partial charge in [-0.15, -0.1) is 0 Å². The standard InChI is InChI=1S/C22H28O7/c1-6-16(11-27-15(5)23)22(26)29-19-10-13(3)8-17(24)7-12(2)9-18-20(19)14(4)21(25)28-18/h6,8-9,17-20,24H,4,7,10-11H2,1-3,5H3/b12-9+,13-8+,16-6-/t17-,18+,19+,20-/m0/s1. The molecule has 0 aromatic heterocycles. The van der Waals surface area contributed by atoms with Gasteiger partial charge in [-0.05, 0) is 33.3 Å². The van der Waals surface area contributed by atoms with Crippen LogP contribution < -0.4 is 0 Å². The van der Waals surface area contributed by atoms with Gasteiger partial charge in [-0.25, -0.2) is 9.59 Å². The zero-order valence-electron chi connectivity index (χ0n) is 17.3. The van der Waals surface area contributed by atoms with Gasteiger partial charge in [0.1, 0.15) is 18.8 Å². The van der Waals surface area contributed by atoms with Crippen LogP contribution in [-0.2, 0) is 28.6 Å². The third kappa shape index (κ3) is 5.90. The molecule has 0 bridgehead atoms. The summed E-state index contributed by atoms with van der Waals surface area (Å²) in [6.45, 7) is 10.2. The van der Waals surface area contributed by atoms with E-state index in [4.69, 9.17) is 14.2 Å². The first-order valence-corrected chi connectivity index (χ1v) is 9.54. The van der Waals surface area contributed by atoms with Crippen LogP contribution in [-0.4, -0.2) is 47.9 Å². The van der Waals surface area contributed by atoms with Gasteiger partial charge in [0.2, 0.25) is 0 Å². The summed E-state index contributed by atoms with van der Waals surface area (Å²) in [5, 5.41) is 10.2. The maximum Gasteiger partial charge on any atom is 0.337 e. The number of rotatable bonds is 4. The van der Waals surface area contributed by atoms with Crippen molar-refractivity contribution in [3.63, 3.8) is 0 Å². The highest BCUT2D eigenvalue weighted by molar-refractivity contribution is 5.92. The van der Waals surface area contributed by atoms with Crippen LogP contribution >= 0.6 is 0 Å².